The number of benzene rings is 1. The molecule has 3 rings (SSSR count). The average Bonchev–Trinajstić information content (AvgIpc) is 2.30. The molecule has 1 fully saturated rings. The Labute approximate surface area is 95.0 Å². The fraction of sp³-hybridized carbons (Fsp3) is 0.538. The van der Waals surface area contributed by atoms with Crippen molar-refractivity contribution in [3.8, 4) is 5.75 Å². The van der Waals surface area contributed by atoms with Crippen LogP contribution < -0.4 is 4.74 Å². The molecular formula is C13H16O3. The minimum Gasteiger partial charge on any atom is -0.484 e. The van der Waals surface area contributed by atoms with Gasteiger partial charge in [-0.1, -0.05) is 18.2 Å². The smallest absolute Gasteiger partial charge is 0.135 e. The monoisotopic (exact) mass is 220 g/mol. The minimum absolute atomic E-state index is 0.300. The number of aliphatic hydroxyl groups is 1. The van der Waals surface area contributed by atoms with Crippen LogP contribution in [-0.2, 0) is 4.74 Å². The molecule has 1 aromatic rings. The van der Waals surface area contributed by atoms with Crippen molar-refractivity contribution < 1.29 is 14.6 Å². The second-order valence-corrected chi connectivity index (χ2v) is 4.70. The molecule has 0 amide bonds. The normalized spacial score (nSPS) is 33.2. The summed E-state index contributed by atoms with van der Waals surface area (Å²) in [4.78, 5) is 0. The molecule has 1 aromatic carbocycles. The molecule has 1 N–H and O–H groups in total. The predicted molar refractivity (Wildman–Crippen MR) is 59.4 cm³/mol. The molecule has 1 saturated heterocycles. The van der Waals surface area contributed by atoms with Crippen molar-refractivity contribution in [2.24, 2.45) is 0 Å². The standard InChI is InChI=1S/C13H16O3/c14-11-8-13(6-3-7-15-9-13)16-12-5-2-1-4-10(11)12/h1-2,4-5,11,14H,3,6-9H2. The van der Waals surface area contributed by atoms with Gasteiger partial charge < -0.3 is 14.6 Å². The van der Waals surface area contributed by atoms with E-state index in [4.69, 9.17) is 9.47 Å². The number of ether oxygens (including phenoxy) is 2. The minimum atomic E-state index is -0.424. The summed E-state index contributed by atoms with van der Waals surface area (Å²) in [5.74, 6) is 0.812. The number of aliphatic hydroxyl groups excluding tert-OH is 1. The number of hydrogen-bond acceptors (Lipinski definition) is 3. The van der Waals surface area contributed by atoms with Gasteiger partial charge in [0.1, 0.15) is 11.4 Å². The summed E-state index contributed by atoms with van der Waals surface area (Å²) >= 11 is 0. The van der Waals surface area contributed by atoms with Crippen molar-refractivity contribution in [2.75, 3.05) is 13.2 Å². The molecule has 2 aliphatic heterocycles. The van der Waals surface area contributed by atoms with Gasteiger partial charge in [-0.25, -0.2) is 0 Å². The SMILES string of the molecule is OC1CC2(CCCOC2)Oc2ccccc21. The Bertz CT molecular complexity index is 383. The molecule has 2 heterocycles. The largest absolute Gasteiger partial charge is 0.484 e. The van der Waals surface area contributed by atoms with E-state index in [0.717, 1.165) is 30.8 Å². The lowest BCUT2D eigenvalue weighted by Crippen LogP contribution is -2.47. The first-order valence-electron chi connectivity index (χ1n) is 5.83. The van der Waals surface area contributed by atoms with E-state index in [1.807, 2.05) is 24.3 Å². The first kappa shape index (κ1) is 10.1. The van der Waals surface area contributed by atoms with Crippen LogP contribution in [0.5, 0.6) is 5.75 Å². The van der Waals surface area contributed by atoms with Crippen LogP contribution in [-0.4, -0.2) is 23.9 Å². The zero-order valence-electron chi connectivity index (χ0n) is 9.19. The van der Waals surface area contributed by atoms with E-state index in [1.165, 1.54) is 0 Å². The van der Waals surface area contributed by atoms with E-state index in [2.05, 4.69) is 0 Å². The van der Waals surface area contributed by atoms with Crippen molar-refractivity contribution >= 4 is 0 Å². The molecular weight excluding hydrogens is 204 g/mol. The van der Waals surface area contributed by atoms with Gasteiger partial charge in [-0.2, -0.15) is 0 Å². The highest BCUT2D eigenvalue weighted by molar-refractivity contribution is 5.38. The Hall–Kier alpha value is -1.06. The summed E-state index contributed by atoms with van der Waals surface area (Å²) in [6.45, 7) is 1.40. The van der Waals surface area contributed by atoms with Crippen LogP contribution in [0.4, 0.5) is 0 Å². The summed E-state index contributed by atoms with van der Waals surface area (Å²) in [5.41, 5.74) is 0.602. The lowest BCUT2D eigenvalue weighted by Gasteiger charge is -2.42. The molecule has 2 aliphatic rings. The van der Waals surface area contributed by atoms with Crippen molar-refractivity contribution in [3.63, 3.8) is 0 Å². The molecule has 3 nitrogen and oxygen atoms in total. The Morgan fingerprint density at radius 1 is 1.31 bits per heavy atom. The Balaban J connectivity index is 1.93. The topological polar surface area (TPSA) is 38.7 Å². The Kier molecular flexibility index (Phi) is 2.37. The first-order chi connectivity index (χ1) is 7.79. The van der Waals surface area contributed by atoms with Gasteiger partial charge in [0.15, 0.2) is 0 Å². The second-order valence-electron chi connectivity index (χ2n) is 4.70. The van der Waals surface area contributed by atoms with Crippen molar-refractivity contribution in [1.82, 2.24) is 0 Å². The highest BCUT2D eigenvalue weighted by Crippen LogP contribution is 2.42. The predicted octanol–water partition coefficient (Wildman–Crippen LogP) is 2.05. The molecule has 0 aliphatic carbocycles. The second kappa shape index (κ2) is 3.75. The van der Waals surface area contributed by atoms with E-state index in [9.17, 15) is 5.11 Å². The third-order valence-electron chi connectivity index (χ3n) is 3.46. The van der Waals surface area contributed by atoms with Crippen LogP contribution in [0.15, 0.2) is 24.3 Å². The van der Waals surface area contributed by atoms with Gasteiger partial charge in [0.2, 0.25) is 0 Å². The molecule has 0 bridgehead atoms. The zero-order chi connectivity index (χ0) is 11.0. The number of para-hydroxylation sites is 1. The lowest BCUT2D eigenvalue weighted by molar-refractivity contribution is -0.103. The first-order valence-corrected chi connectivity index (χ1v) is 5.83. The van der Waals surface area contributed by atoms with Crippen LogP contribution in [0, 0.1) is 0 Å². The van der Waals surface area contributed by atoms with Gasteiger partial charge >= 0.3 is 0 Å². The third-order valence-corrected chi connectivity index (χ3v) is 3.46. The van der Waals surface area contributed by atoms with Crippen LogP contribution in [0.1, 0.15) is 30.9 Å². The summed E-state index contributed by atoms with van der Waals surface area (Å²) in [6.07, 6.45) is 2.20. The average molecular weight is 220 g/mol. The van der Waals surface area contributed by atoms with E-state index in [1.54, 1.807) is 0 Å². The van der Waals surface area contributed by atoms with E-state index >= 15 is 0 Å². The van der Waals surface area contributed by atoms with Crippen LogP contribution in [0.2, 0.25) is 0 Å². The molecule has 3 heteroatoms. The quantitative estimate of drug-likeness (QED) is 0.727. The van der Waals surface area contributed by atoms with Gasteiger partial charge in [0, 0.05) is 18.6 Å². The molecule has 0 aromatic heterocycles. The number of rotatable bonds is 0. The van der Waals surface area contributed by atoms with Crippen molar-refractivity contribution in [3.05, 3.63) is 29.8 Å². The lowest BCUT2D eigenvalue weighted by atomic mass is 9.85. The third kappa shape index (κ3) is 1.60. The van der Waals surface area contributed by atoms with Crippen LogP contribution in [0.25, 0.3) is 0 Å². The van der Waals surface area contributed by atoms with Crippen LogP contribution in [0.3, 0.4) is 0 Å². The Morgan fingerprint density at radius 2 is 2.19 bits per heavy atom. The summed E-state index contributed by atoms with van der Waals surface area (Å²) in [5, 5.41) is 10.1. The molecule has 0 radical (unpaired) electrons. The van der Waals surface area contributed by atoms with Gasteiger partial charge in [0.05, 0.1) is 12.7 Å². The summed E-state index contributed by atoms with van der Waals surface area (Å²) < 4.78 is 11.5. The fourth-order valence-corrected chi connectivity index (χ4v) is 2.65. The summed E-state index contributed by atoms with van der Waals surface area (Å²) in [7, 11) is 0. The molecule has 16 heavy (non-hydrogen) atoms. The van der Waals surface area contributed by atoms with Crippen molar-refractivity contribution in [2.45, 2.75) is 31.0 Å². The maximum Gasteiger partial charge on any atom is 0.135 e. The zero-order valence-corrected chi connectivity index (χ0v) is 9.19. The number of fused-ring (bicyclic) bond motifs is 1. The molecule has 0 saturated carbocycles. The molecule has 86 valence electrons. The Morgan fingerprint density at radius 3 is 3.00 bits per heavy atom. The molecule has 1 spiro atoms. The molecule has 2 atom stereocenters. The summed E-state index contributed by atoms with van der Waals surface area (Å²) in [6, 6.07) is 7.72. The van der Waals surface area contributed by atoms with E-state index in [0.29, 0.717) is 13.0 Å². The van der Waals surface area contributed by atoms with Crippen molar-refractivity contribution in [1.29, 1.82) is 0 Å². The highest BCUT2D eigenvalue weighted by atomic mass is 16.5. The van der Waals surface area contributed by atoms with Gasteiger partial charge in [-0.05, 0) is 18.9 Å². The maximum atomic E-state index is 10.1. The highest BCUT2D eigenvalue weighted by Gasteiger charge is 2.41. The van der Waals surface area contributed by atoms with Gasteiger partial charge in [0.25, 0.3) is 0 Å². The fourth-order valence-electron chi connectivity index (χ4n) is 2.65. The maximum absolute atomic E-state index is 10.1. The number of hydrogen-bond donors (Lipinski definition) is 1. The molecule has 2 unspecified atom stereocenters. The van der Waals surface area contributed by atoms with Gasteiger partial charge in [-0.3, -0.25) is 0 Å². The van der Waals surface area contributed by atoms with Gasteiger partial charge in [-0.15, -0.1) is 0 Å². The van der Waals surface area contributed by atoms with E-state index in [-0.39, 0.29) is 5.60 Å². The van der Waals surface area contributed by atoms with E-state index < -0.39 is 6.10 Å². The van der Waals surface area contributed by atoms with Crippen LogP contribution >= 0.6 is 0 Å².